The first-order chi connectivity index (χ1) is 9.16. The maximum Gasteiger partial charge on any atom is 0.237 e. The van der Waals surface area contributed by atoms with Crippen molar-refractivity contribution in [2.24, 2.45) is 5.73 Å². The van der Waals surface area contributed by atoms with Gasteiger partial charge in [0.25, 0.3) is 0 Å². The highest BCUT2D eigenvalue weighted by Crippen LogP contribution is 2.18. The average molecular weight is 274 g/mol. The Morgan fingerprint density at radius 2 is 2.00 bits per heavy atom. The molecule has 1 aromatic carbocycles. The summed E-state index contributed by atoms with van der Waals surface area (Å²) in [5, 5.41) is 4.95. The van der Waals surface area contributed by atoms with Crippen molar-refractivity contribution in [2.75, 3.05) is 0 Å². The fraction of sp³-hybridized carbons (Fsp3) is 0.267. The van der Waals surface area contributed by atoms with Crippen LogP contribution in [0.3, 0.4) is 0 Å². The predicted octanol–water partition coefficient (Wildman–Crippen LogP) is 2.50. The molecule has 4 heteroatoms. The van der Waals surface area contributed by atoms with Gasteiger partial charge in [-0.25, -0.2) is 0 Å². The van der Waals surface area contributed by atoms with E-state index in [1.54, 1.807) is 11.3 Å². The van der Waals surface area contributed by atoms with Gasteiger partial charge in [0.1, 0.15) is 0 Å². The molecule has 1 amide bonds. The highest BCUT2D eigenvalue weighted by molar-refractivity contribution is 7.10. The van der Waals surface area contributed by atoms with E-state index < -0.39 is 6.04 Å². The largest absolute Gasteiger partial charge is 0.347 e. The Hall–Kier alpha value is -1.65. The lowest BCUT2D eigenvalue weighted by Crippen LogP contribution is -2.42. The number of amides is 1. The van der Waals surface area contributed by atoms with E-state index in [1.165, 1.54) is 0 Å². The maximum absolute atomic E-state index is 12.0. The van der Waals surface area contributed by atoms with Gasteiger partial charge in [0.15, 0.2) is 0 Å². The van der Waals surface area contributed by atoms with Crippen LogP contribution in [0.2, 0.25) is 0 Å². The molecule has 2 aromatic rings. The SMILES string of the molecule is C[C@H](NC(=O)C(N)Cc1ccccc1)c1cccs1. The van der Waals surface area contributed by atoms with Crippen LogP contribution in [-0.4, -0.2) is 11.9 Å². The van der Waals surface area contributed by atoms with Gasteiger partial charge in [-0.1, -0.05) is 36.4 Å². The minimum Gasteiger partial charge on any atom is -0.347 e. The van der Waals surface area contributed by atoms with E-state index in [0.29, 0.717) is 6.42 Å². The zero-order valence-corrected chi connectivity index (χ0v) is 11.7. The topological polar surface area (TPSA) is 55.1 Å². The van der Waals surface area contributed by atoms with Crippen LogP contribution in [0.5, 0.6) is 0 Å². The molecule has 1 heterocycles. The lowest BCUT2D eigenvalue weighted by Gasteiger charge is -2.16. The fourth-order valence-corrected chi connectivity index (χ4v) is 2.62. The Kier molecular flexibility index (Phi) is 4.71. The van der Waals surface area contributed by atoms with Crippen molar-refractivity contribution < 1.29 is 4.79 Å². The van der Waals surface area contributed by atoms with Gasteiger partial charge in [0, 0.05) is 4.88 Å². The van der Waals surface area contributed by atoms with Crippen molar-refractivity contribution in [3.05, 3.63) is 58.3 Å². The van der Waals surface area contributed by atoms with Gasteiger partial charge in [0.2, 0.25) is 5.91 Å². The van der Waals surface area contributed by atoms with Crippen LogP contribution in [0.4, 0.5) is 0 Å². The lowest BCUT2D eigenvalue weighted by atomic mass is 10.1. The number of nitrogens with one attached hydrogen (secondary N) is 1. The molecule has 2 rings (SSSR count). The predicted molar refractivity (Wildman–Crippen MR) is 79.0 cm³/mol. The molecular formula is C15H18N2OS. The molecule has 0 aliphatic rings. The summed E-state index contributed by atoms with van der Waals surface area (Å²) < 4.78 is 0. The first-order valence-electron chi connectivity index (χ1n) is 6.30. The summed E-state index contributed by atoms with van der Waals surface area (Å²) in [6.45, 7) is 1.97. The summed E-state index contributed by atoms with van der Waals surface area (Å²) >= 11 is 1.63. The molecule has 0 saturated carbocycles. The third-order valence-corrected chi connectivity index (χ3v) is 4.02. The molecule has 3 nitrogen and oxygen atoms in total. The van der Waals surface area contributed by atoms with Gasteiger partial charge in [-0.3, -0.25) is 4.79 Å². The Bertz CT molecular complexity index is 510. The third-order valence-electron chi connectivity index (χ3n) is 2.96. The molecule has 1 unspecified atom stereocenters. The second kappa shape index (κ2) is 6.50. The van der Waals surface area contributed by atoms with Crippen LogP contribution in [0.25, 0.3) is 0 Å². The third kappa shape index (κ3) is 3.91. The van der Waals surface area contributed by atoms with Crippen molar-refractivity contribution >= 4 is 17.2 Å². The molecule has 100 valence electrons. The normalized spacial score (nSPS) is 13.8. The van der Waals surface area contributed by atoms with Crippen LogP contribution in [-0.2, 0) is 11.2 Å². The Morgan fingerprint density at radius 1 is 1.26 bits per heavy atom. The van der Waals surface area contributed by atoms with E-state index in [1.807, 2.05) is 54.8 Å². The molecule has 1 aromatic heterocycles. The van der Waals surface area contributed by atoms with Crippen LogP contribution in [0.1, 0.15) is 23.4 Å². The van der Waals surface area contributed by atoms with Crippen molar-refractivity contribution in [3.8, 4) is 0 Å². The van der Waals surface area contributed by atoms with Gasteiger partial charge < -0.3 is 11.1 Å². The number of thiophene rings is 1. The van der Waals surface area contributed by atoms with E-state index >= 15 is 0 Å². The van der Waals surface area contributed by atoms with E-state index in [4.69, 9.17) is 5.73 Å². The molecule has 0 spiro atoms. The summed E-state index contributed by atoms with van der Waals surface area (Å²) in [6.07, 6.45) is 0.559. The number of rotatable bonds is 5. The molecule has 2 atom stereocenters. The van der Waals surface area contributed by atoms with E-state index in [0.717, 1.165) is 10.4 Å². The maximum atomic E-state index is 12.0. The molecule has 0 saturated heterocycles. The van der Waals surface area contributed by atoms with Crippen molar-refractivity contribution in [2.45, 2.75) is 25.4 Å². The Morgan fingerprint density at radius 3 is 2.63 bits per heavy atom. The van der Waals surface area contributed by atoms with Crippen LogP contribution < -0.4 is 11.1 Å². The number of carbonyl (C=O) groups is 1. The van der Waals surface area contributed by atoms with Crippen molar-refractivity contribution in [1.82, 2.24) is 5.32 Å². The molecule has 0 bridgehead atoms. The zero-order valence-electron chi connectivity index (χ0n) is 10.9. The van der Waals surface area contributed by atoms with E-state index in [2.05, 4.69) is 5.32 Å². The van der Waals surface area contributed by atoms with Crippen LogP contribution in [0.15, 0.2) is 47.8 Å². The number of hydrogen-bond donors (Lipinski definition) is 2. The van der Waals surface area contributed by atoms with Crippen LogP contribution in [0, 0.1) is 0 Å². The monoisotopic (exact) mass is 274 g/mol. The van der Waals surface area contributed by atoms with Gasteiger partial charge in [0.05, 0.1) is 12.1 Å². The van der Waals surface area contributed by atoms with E-state index in [9.17, 15) is 4.79 Å². The molecule has 3 N–H and O–H groups in total. The van der Waals surface area contributed by atoms with Gasteiger partial charge in [-0.05, 0) is 30.4 Å². The molecule has 0 aliphatic heterocycles. The second-order valence-corrected chi connectivity index (χ2v) is 5.52. The zero-order chi connectivity index (χ0) is 13.7. The Balaban J connectivity index is 1.89. The number of hydrogen-bond acceptors (Lipinski definition) is 3. The highest BCUT2D eigenvalue weighted by Gasteiger charge is 2.17. The molecular weight excluding hydrogens is 256 g/mol. The van der Waals surface area contributed by atoms with Crippen molar-refractivity contribution in [1.29, 1.82) is 0 Å². The average Bonchev–Trinajstić information content (AvgIpc) is 2.93. The van der Waals surface area contributed by atoms with Gasteiger partial charge in [-0.15, -0.1) is 11.3 Å². The second-order valence-electron chi connectivity index (χ2n) is 4.54. The quantitative estimate of drug-likeness (QED) is 0.880. The van der Waals surface area contributed by atoms with Crippen LogP contribution >= 0.6 is 11.3 Å². The molecule has 19 heavy (non-hydrogen) atoms. The van der Waals surface area contributed by atoms with Gasteiger partial charge >= 0.3 is 0 Å². The minimum absolute atomic E-state index is 0.00863. The summed E-state index contributed by atoms with van der Waals surface area (Å²) in [4.78, 5) is 13.2. The first kappa shape index (κ1) is 13.8. The minimum atomic E-state index is -0.509. The summed E-state index contributed by atoms with van der Waals surface area (Å²) in [7, 11) is 0. The fourth-order valence-electron chi connectivity index (χ4n) is 1.89. The molecule has 0 fully saturated rings. The summed E-state index contributed by atoms with van der Waals surface area (Å²) in [6, 6.07) is 13.3. The standard InChI is InChI=1S/C15H18N2OS/c1-11(14-8-5-9-19-14)17-15(18)13(16)10-12-6-3-2-4-7-12/h2-9,11,13H,10,16H2,1H3,(H,17,18)/t11-,13?/m0/s1. The highest BCUT2D eigenvalue weighted by atomic mass is 32.1. The summed E-state index contributed by atoms with van der Waals surface area (Å²) in [5.41, 5.74) is 7.02. The number of carbonyl (C=O) groups excluding carboxylic acids is 1. The number of nitrogens with two attached hydrogens (primary N) is 1. The molecule has 0 aliphatic carbocycles. The van der Waals surface area contributed by atoms with Gasteiger partial charge in [-0.2, -0.15) is 0 Å². The van der Waals surface area contributed by atoms with Crippen molar-refractivity contribution in [3.63, 3.8) is 0 Å². The summed E-state index contributed by atoms with van der Waals surface area (Å²) in [5.74, 6) is -0.107. The van der Waals surface area contributed by atoms with E-state index in [-0.39, 0.29) is 11.9 Å². The molecule has 0 radical (unpaired) electrons. The Labute approximate surface area is 117 Å². The first-order valence-corrected chi connectivity index (χ1v) is 7.18. The lowest BCUT2D eigenvalue weighted by molar-refractivity contribution is -0.122. The smallest absolute Gasteiger partial charge is 0.237 e. The number of benzene rings is 1.